The van der Waals surface area contributed by atoms with Gasteiger partial charge in [0.05, 0.1) is 28.5 Å². The molecule has 0 aliphatic heterocycles. The van der Waals surface area contributed by atoms with Crippen molar-refractivity contribution < 1.29 is 13.2 Å². The summed E-state index contributed by atoms with van der Waals surface area (Å²) in [6.07, 6.45) is 1.68. The zero-order valence-corrected chi connectivity index (χ0v) is 21.2. The van der Waals surface area contributed by atoms with Gasteiger partial charge in [-0.3, -0.25) is 4.99 Å². The number of aliphatic imine (C=N–C) groups is 1. The third-order valence-electron chi connectivity index (χ3n) is 5.91. The number of aromatic nitrogens is 2. The number of allylic oxidation sites excluding steroid dienone is 1. The number of nitrogens with one attached hydrogen (secondary N) is 1. The standard InChI is InChI=1S/C27H32F3N5/c1-9-16(4)31-23-14-22-20(13-24(23)35(7)8)26(34-18(6)33-22)32-17(5)19-11-10-12-21(25(19)28)27(29,30)15(2)3/h9-15,17H,1H2,2-8H3,(H,32,33,34)/b31-16-/t17-/m1/s1. The number of nitrogens with zero attached hydrogens (tertiary/aromatic N) is 4. The zero-order chi connectivity index (χ0) is 26.1. The fourth-order valence-corrected chi connectivity index (χ4v) is 3.80. The van der Waals surface area contributed by atoms with Gasteiger partial charge in [-0.05, 0) is 39.0 Å². The van der Waals surface area contributed by atoms with Crippen molar-refractivity contribution in [1.82, 2.24) is 9.97 Å². The van der Waals surface area contributed by atoms with E-state index in [1.54, 1.807) is 19.9 Å². The lowest BCUT2D eigenvalue weighted by Gasteiger charge is -2.24. The van der Waals surface area contributed by atoms with Crippen LogP contribution < -0.4 is 10.2 Å². The maximum Gasteiger partial charge on any atom is 0.278 e. The molecule has 0 saturated carbocycles. The van der Waals surface area contributed by atoms with E-state index in [9.17, 15) is 8.78 Å². The summed E-state index contributed by atoms with van der Waals surface area (Å²) in [7, 11) is 3.81. The summed E-state index contributed by atoms with van der Waals surface area (Å²) in [6.45, 7) is 11.9. The molecule has 35 heavy (non-hydrogen) atoms. The first-order valence-electron chi connectivity index (χ1n) is 11.5. The Balaban J connectivity index is 2.11. The number of anilines is 2. The molecular weight excluding hydrogens is 451 g/mol. The van der Waals surface area contributed by atoms with Gasteiger partial charge in [0.2, 0.25) is 0 Å². The number of rotatable bonds is 8. The van der Waals surface area contributed by atoms with E-state index in [0.717, 1.165) is 23.2 Å². The van der Waals surface area contributed by atoms with E-state index in [-0.39, 0.29) is 5.56 Å². The van der Waals surface area contributed by atoms with Gasteiger partial charge in [-0.25, -0.2) is 23.1 Å². The van der Waals surface area contributed by atoms with Crippen LogP contribution >= 0.6 is 0 Å². The van der Waals surface area contributed by atoms with E-state index in [1.165, 1.54) is 26.0 Å². The molecule has 0 spiro atoms. The van der Waals surface area contributed by atoms with E-state index >= 15 is 4.39 Å². The SMILES string of the molecule is C=C/C(C)=N\c1cc2nc(C)nc(N[C@H](C)c3cccc(C(F)(F)C(C)C)c3F)c2cc1N(C)C. The highest BCUT2D eigenvalue weighted by molar-refractivity contribution is 5.99. The van der Waals surface area contributed by atoms with Crippen LogP contribution in [0.5, 0.6) is 0 Å². The van der Waals surface area contributed by atoms with Gasteiger partial charge < -0.3 is 10.2 Å². The summed E-state index contributed by atoms with van der Waals surface area (Å²) in [6, 6.07) is 7.28. The minimum absolute atomic E-state index is 0.142. The second-order valence-corrected chi connectivity index (χ2v) is 9.18. The highest BCUT2D eigenvalue weighted by atomic mass is 19.3. The van der Waals surface area contributed by atoms with Crippen molar-refractivity contribution >= 4 is 33.8 Å². The average Bonchev–Trinajstić information content (AvgIpc) is 2.78. The molecule has 8 heteroatoms. The molecule has 0 saturated heterocycles. The van der Waals surface area contributed by atoms with Crippen LogP contribution in [0.4, 0.5) is 30.4 Å². The molecule has 5 nitrogen and oxygen atoms in total. The number of hydrogen-bond acceptors (Lipinski definition) is 5. The summed E-state index contributed by atoms with van der Waals surface area (Å²) in [5.74, 6) is -4.22. The van der Waals surface area contributed by atoms with Crippen LogP contribution in [0.25, 0.3) is 10.9 Å². The van der Waals surface area contributed by atoms with E-state index in [2.05, 4.69) is 26.9 Å². The number of fused-ring (bicyclic) bond motifs is 1. The van der Waals surface area contributed by atoms with E-state index in [0.29, 0.717) is 22.5 Å². The second-order valence-electron chi connectivity index (χ2n) is 9.18. The Kier molecular flexibility index (Phi) is 7.53. The lowest BCUT2D eigenvalue weighted by molar-refractivity contribution is -0.0545. The van der Waals surface area contributed by atoms with Crippen molar-refractivity contribution in [2.24, 2.45) is 10.9 Å². The molecule has 0 fully saturated rings. The monoisotopic (exact) mass is 483 g/mol. The largest absolute Gasteiger partial charge is 0.376 e. The van der Waals surface area contributed by atoms with Gasteiger partial charge >= 0.3 is 0 Å². The third-order valence-corrected chi connectivity index (χ3v) is 5.91. The van der Waals surface area contributed by atoms with E-state index in [4.69, 9.17) is 0 Å². The summed E-state index contributed by atoms with van der Waals surface area (Å²) in [5.41, 5.74) is 2.53. The topological polar surface area (TPSA) is 53.4 Å². The molecule has 1 atom stereocenters. The van der Waals surface area contributed by atoms with Crippen LogP contribution in [0.15, 0.2) is 48.0 Å². The Morgan fingerprint density at radius 3 is 2.46 bits per heavy atom. The van der Waals surface area contributed by atoms with Crippen LogP contribution in [-0.4, -0.2) is 29.8 Å². The van der Waals surface area contributed by atoms with Crippen molar-refractivity contribution in [3.05, 3.63) is 65.8 Å². The van der Waals surface area contributed by atoms with Gasteiger partial charge in [0.1, 0.15) is 17.5 Å². The van der Waals surface area contributed by atoms with Crippen LogP contribution in [-0.2, 0) is 5.92 Å². The van der Waals surface area contributed by atoms with Crippen molar-refractivity contribution in [3.63, 3.8) is 0 Å². The molecular formula is C27H32F3N5. The van der Waals surface area contributed by atoms with Crippen LogP contribution in [0.2, 0.25) is 0 Å². The van der Waals surface area contributed by atoms with Crippen molar-refractivity contribution in [3.8, 4) is 0 Å². The van der Waals surface area contributed by atoms with Crippen molar-refractivity contribution in [2.45, 2.75) is 46.6 Å². The van der Waals surface area contributed by atoms with Gasteiger partial charge in [0.25, 0.3) is 5.92 Å². The molecule has 0 aliphatic rings. The predicted octanol–water partition coefficient (Wildman–Crippen LogP) is 7.34. The van der Waals surface area contributed by atoms with Gasteiger partial charge in [-0.1, -0.05) is 38.6 Å². The van der Waals surface area contributed by atoms with E-state index in [1.807, 2.05) is 38.1 Å². The summed E-state index contributed by atoms with van der Waals surface area (Å²) >= 11 is 0. The maximum atomic E-state index is 15.3. The Morgan fingerprint density at radius 1 is 1.17 bits per heavy atom. The quantitative estimate of drug-likeness (QED) is 0.341. The summed E-state index contributed by atoms with van der Waals surface area (Å²) in [5, 5.41) is 3.94. The molecule has 1 heterocycles. The minimum Gasteiger partial charge on any atom is -0.376 e. The average molecular weight is 484 g/mol. The van der Waals surface area contributed by atoms with Gasteiger partial charge in [-0.15, -0.1) is 0 Å². The molecule has 0 amide bonds. The number of halogens is 3. The number of aryl methyl sites for hydroxylation is 1. The Labute approximate surface area is 204 Å². The van der Waals surface area contributed by atoms with Crippen LogP contribution in [0.3, 0.4) is 0 Å². The fourth-order valence-electron chi connectivity index (χ4n) is 3.80. The third kappa shape index (κ3) is 5.31. The first-order valence-corrected chi connectivity index (χ1v) is 11.5. The number of alkyl halides is 2. The fraction of sp³-hybridized carbons (Fsp3) is 0.370. The predicted molar refractivity (Wildman–Crippen MR) is 139 cm³/mol. The Morgan fingerprint density at radius 2 is 1.86 bits per heavy atom. The van der Waals surface area contributed by atoms with E-state index < -0.39 is 29.3 Å². The van der Waals surface area contributed by atoms with Crippen molar-refractivity contribution in [2.75, 3.05) is 24.3 Å². The highest BCUT2D eigenvalue weighted by Gasteiger charge is 2.39. The van der Waals surface area contributed by atoms with Gasteiger partial charge in [-0.2, -0.15) is 0 Å². The summed E-state index contributed by atoms with van der Waals surface area (Å²) < 4.78 is 44.6. The zero-order valence-electron chi connectivity index (χ0n) is 21.2. The highest BCUT2D eigenvalue weighted by Crippen LogP contribution is 2.40. The molecule has 0 bridgehead atoms. The Hall–Kier alpha value is -3.42. The minimum atomic E-state index is -3.28. The smallest absolute Gasteiger partial charge is 0.278 e. The molecule has 3 aromatic rings. The van der Waals surface area contributed by atoms with Crippen LogP contribution in [0, 0.1) is 18.7 Å². The molecule has 0 unspecified atom stereocenters. The van der Waals surface area contributed by atoms with Gasteiger partial charge in [0, 0.05) is 36.7 Å². The lowest BCUT2D eigenvalue weighted by Crippen LogP contribution is -2.24. The summed E-state index contributed by atoms with van der Waals surface area (Å²) in [4.78, 5) is 15.7. The molecule has 0 aliphatic carbocycles. The molecule has 2 aromatic carbocycles. The first kappa shape index (κ1) is 26.2. The number of hydrogen-bond donors (Lipinski definition) is 1. The Bertz CT molecular complexity index is 1280. The molecule has 1 aromatic heterocycles. The maximum absolute atomic E-state index is 15.3. The van der Waals surface area contributed by atoms with Gasteiger partial charge in [0.15, 0.2) is 0 Å². The second kappa shape index (κ2) is 10.1. The normalized spacial score (nSPS) is 13.3. The van der Waals surface area contributed by atoms with Crippen LogP contribution in [0.1, 0.15) is 50.7 Å². The van der Waals surface area contributed by atoms with Crippen molar-refractivity contribution in [1.29, 1.82) is 0 Å². The lowest BCUT2D eigenvalue weighted by atomic mass is 9.94. The first-order chi connectivity index (χ1) is 16.4. The molecule has 3 rings (SSSR count). The number of benzene rings is 2. The molecule has 1 N–H and O–H groups in total. The molecule has 0 radical (unpaired) electrons. The molecule has 186 valence electrons.